The Labute approximate surface area is 136 Å². The number of carbonyl (C=O) groups excluding carboxylic acids is 1. The lowest BCUT2D eigenvalue weighted by atomic mass is 10.1. The van der Waals surface area contributed by atoms with Crippen molar-refractivity contribution in [2.75, 3.05) is 4.90 Å². The van der Waals surface area contributed by atoms with Gasteiger partial charge in [0.15, 0.2) is 0 Å². The second kappa shape index (κ2) is 5.79. The van der Waals surface area contributed by atoms with Gasteiger partial charge in [-0.15, -0.1) is 0 Å². The summed E-state index contributed by atoms with van der Waals surface area (Å²) in [6, 6.07) is 11.3. The maximum atomic E-state index is 11.6. The molecule has 1 atom stereocenters. The fourth-order valence-electron chi connectivity index (χ4n) is 2.85. The number of fused-ring (bicyclic) bond motifs is 1. The van der Waals surface area contributed by atoms with Crippen molar-refractivity contribution in [3.8, 4) is 0 Å². The number of halogens is 2. The SMILES string of the molecule is NCc1c(Br)cccc1N1Cc2cc(Cl)ccc2C1C=O. The van der Waals surface area contributed by atoms with Crippen molar-refractivity contribution in [2.24, 2.45) is 5.73 Å². The molecule has 2 N–H and O–H groups in total. The van der Waals surface area contributed by atoms with Crippen LogP contribution in [0.4, 0.5) is 5.69 Å². The van der Waals surface area contributed by atoms with E-state index in [1.165, 1.54) is 0 Å². The highest BCUT2D eigenvalue weighted by Crippen LogP contribution is 2.40. The third kappa shape index (κ3) is 2.48. The summed E-state index contributed by atoms with van der Waals surface area (Å²) in [5, 5.41) is 0.688. The van der Waals surface area contributed by atoms with Crippen LogP contribution >= 0.6 is 27.5 Å². The molecule has 5 heteroatoms. The van der Waals surface area contributed by atoms with Crippen molar-refractivity contribution in [3.63, 3.8) is 0 Å². The van der Waals surface area contributed by atoms with Crippen molar-refractivity contribution in [1.29, 1.82) is 0 Å². The standard InChI is InChI=1S/C16H14BrClN2O/c17-14-2-1-3-15(13(14)7-19)20-8-10-6-11(18)4-5-12(10)16(20)9-21/h1-6,9,16H,7-8,19H2. The first kappa shape index (κ1) is 14.6. The molecule has 1 aliphatic heterocycles. The Bertz CT molecular complexity index is 705. The molecule has 21 heavy (non-hydrogen) atoms. The predicted molar refractivity (Wildman–Crippen MR) is 88.5 cm³/mol. The van der Waals surface area contributed by atoms with Gasteiger partial charge in [0.1, 0.15) is 12.3 Å². The Morgan fingerprint density at radius 1 is 1.38 bits per heavy atom. The molecule has 3 rings (SSSR count). The maximum Gasteiger partial charge on any atom is 0.147 e. The quantitative estimate of drug-likeness (QED) is 0.841. The number of hydrogen-bond donors (Lipinski definition) is 1. The molecule has 0 saturated carbocycles. The lowest BCUT2D eigenvalue weighted by Gasteiger charge is -2.26. The number of hydrogen-bond acceptors (Lipinski definition) is 3. The largest absolute Gasteiger partial charge is 0.353 e. The van der Waals surface area contributed by atoms with Crippen LogP contribution in [0, 0.1) is 0 Å². The van der Waals surface area contributed by atoms with E-state index in [0.29, 0.717) is 18.1 Å². The summed E-state index contributed by atoms with van der Waals surface area (Å²) in [6.45, 7) is 1.07. The Hall–Kier alpha value is -1.36. The van der Waals surface area contributed by atoms with Crippen molar-refractivity contribution >= 4 is 39.5 Å². The summed E-state index contributed by atoms with van der Waals surface area (Å²) in [5.41, 5.74) is 9.95. The second-order valence-corrected chi connectivity index (χ2v) is 6.28. The number of anilines is 1. The van der Waals surface area contributed by atoms with Crippen molar-refractivity contribution < 1.29 is 4.79 Å². The zero-order chi connectivity index (χ0) is 15.0. The molecular formula is C16H14BrClN2O. The fraction of sp³-hybridized carbons (Fsp3) is 0.188. The lowest BCUT2D eigenvalue weighted by molar-refractivity contribution is -0.108. The molecule has 0 aliphatic carbocycles. The molecule has 108 valence electrons. The summed E-state index contributed by atoms with van der Waals surface area (Å²) < 4.78 is 0.959. The molecule has 0 spiro atoms. The van der Waals surface area contributed by atoms with E-state index in [4.69, 9.17) is 17.3 Å². The van der Waals surface area contributed by atoms with E-state index in [9.17, 15) is 4.79 Å². The number of nitrogens with zero attached hydrogens (tertiary/aromatic N) is 1. The minimum atomic E-state index is -0.295. The van der Waals surface area contributed by atoms with E-state index in [-0.39, 0.29) is 6.04 Å². The highest BCUT2D eigenvalue weighted by atomic mass is 79.9. The minimum Gasteiger partial charge on any atom is -0.353 e. The smallest absolute Gasteiger partial charge is 0.147 e. The summed E-state index contributed by atoms with van der Waals surface area (Å²) in [4.78, 5) is 13.7. The van der Waals surface area contributed by atoms with Crippen LogP contribution in [0.15, 0.2) is 40.9 Å². The summed E-state index contributed by atoms with van der Waals surface area (Å²) in [7, 11) is 0. The van der Waals surface area contributed by atoms with Gasteiger partial charge in [0.05, 0.1) is 0 Å². The number of rotatable bonds is 3. The van der Waals surface area contributed by atoms with Crippen LogP contribution in [0.25, 0.3) is 0 Å². The van der Waals surface area contributed by atoms with Gasteiger partial charge in [0.2, 0.25) is 0 Å². The van der Waals surface area contributed by atoms with Gasteiger partial charge >= 0.3 is 0 Å². The normalized spacial score (nSPS) is 16.9. The molecule has 0 radical (unpaired) electrons. The first-order valence-electron chi connectivity index (χ1n) is 6.63. The molecule has 2 aromatic carbocycles. The molecule has 0 bridgehead atoms. The molecule has 0 amide bonds. The minimum absolute atomic E-state index is 0.295. The van der Waals surface area contributed by atoms with Gasteiger partial charge in [-0.2, -0.15) is 0 Å². The average Bonchev–Trinajstić information content (AvgIpc) is 2.84. The van der Waals surface area contributed by atoms with Crippen LogP contribution in [0.5, 0.6) is 0 Å². The molecule has 1 unspecified atom stereocenters. The topological polar surface area (TPSA) is 46.3 Å². The van der Waals surface area contributed by atoms with Crippen LogP contribution in [-0.4, -0.2) is 6.29 Å². The molecular weight excluding hydrogens is 352 g/mol. The van der Waals surface area contributed by atoms with Crippen LogP contribution in [0.3, 0.4) is 0 Å². The van der Waals surface area contributed by atoms with Gasteiger partial charge in [-0.25, -0.2) is 0 Å². The number of nitrogens with two attached hydrogens (primary N) is 1. The Kier molecular flexibility index (Phi) is 4.02. The predicted octanol–water partition coefficient (Wildman–Crippen LogP) is 3.82. The zero-order valence-corrected chi connectivity index (χ0v) is 13.6. The lowest BCUT2D eigenvalue weighted by Crippen LogP contribution is -2.24. The van der Waals surface area contributed by atoms with Gasteiger partial charge in [0, 0.05) is 33.8 Å². The van der Waals surface area contributed by atoms with Gasteiger partial charge in [-0.3, -0.25) is 0 Å². The van der Waals surface area contributed by atoms with Crippen LogP contribution < -0.4 is 10.6 Å². The first-order chi connectivity index (χ1) is 10.2. The average molecular weight is 366 g/mol. The van der Waals surface area contributed by atoms with E-state index in [1.54, 1.807) is 0 Å². The van der Waals surface area contributed by atoms with E-state index in [1.807, 2.05) is 36.4 Å². The molecule has 1 heterocycles. The Morgan fingerprint density at radius 3 is 2.90 bits per heavy atom. The van der Waals surface area contributed by atoms with E-state index in [2.05, 4.69) is 20.8 Å². The van der Waals surface area contributed by atoms with E-state index >= 15 is 0 Å². The molecule has 0 fully saturated rings. The molecule has 2 aromatic rings. The molecule has 0 aromatic heterocycles. The van der Waals surface area contributed by atoms with Crippen LogP contribution in [0.1, 0.15) is 22.7 Å². The number of aldehydes is 1. The van der Waals surface area contributed by atoms with E-state index in [0.717, 1.165) is 33.1 Å². The maximum absolute atomic E-state index is 11.6. The van der Waals surface area contributed by atoms with Crippen molar-refractivity contribution in [2.45, 2.75) is 19.1 Å². The second-order valence-electron chi connectivity index (χ2n) is 4.99. The van der Waals surface area contributed by atoms with Gasteiger partial charge in [0.25, 0.3) is 0 Å². The van der Waals surface area contributed by atoms with Crippen molar-refractivity contribution in [3.05, 3.63) is 62.6 Å². The summed E-state index contributed by atoms with van der Waals surface area (Å²) in [6.07, 6.45) is 0.973. The highest BCUT2D eigenvalue weighted by molar-refractivity contribution is 9.10. The summed E-state index contributed by atoms with van der Waals surface area (Å²) in [5.74, 6) is 0. The Morgan fingerprint density at radius 2 is 2.19 bits per heavy atom. The Balaban J connectivity index is 2.09. The fourth-order valence-corrected chi connectivity index (χ4v) is 3.56. The highest BCUT2D eigenvalue weighted by Gasteiger charge is 2.31. The monoisotopic (exact) mass is 364 g/mol. The number of carbonyl (C=O) groups is 1. The van der Waals surface area contributed by atoms with Gasteiger partial charge < -0.3 is 15.4 Å². The van der Waals surface area contributed by atoms with Crippen LogP contribution in [-0.2, 0) is 17.9 Å². The third-order valence-corrected chi connectivity index (χ3v) is 4.81. The number of benzene rings is 2. The van der Waals surface area contributed by atoms with Crippen LogP contribution in [0.2, 0.25) is 5.02 Å². The first-order valence-corrected chi connectivity index (χ1v) is 7.80. The zero-order valence-electron chi connectivity index (χ0n) is 11.2. The molecule has 0 saturated heterocycles. The summed E-state index contributed by atoms with van der Waals surface area (Å²) >= 11 is 9.58. The third-order valence-electron chi connectivity index (χ3n) is 3.84. The molecule has 1 aliphatic rings. The van der Waals surface area contributed by atoms with E-state index < -0.39 is 0 Å². The van der Waals surface area contributed by atoms with Gasteiger partial charge in [-0.1, -0.05) is 39.7 Å². The molecule has 3 nitrogen and oxygen atoms in total. The van der Waals surface area contributed by atoms with Gasteiger partial charge in [-0.05, 0) is 35.4 Å². The van der Waals surface area contributed by atoms with Crippen molar-refractivity contribution in [1.82, 2.24) is 0 Å².